The van der Waals surface area contributed by atoms with E-state index in [0.29, 0.717) is 17.9 Å². The summed E-state index contributed by atoms with van der Waals surface area (Å²) in [7, 11) is 0. The highest BCUT2D eigenvalue weighted by molar-refractivity contribution is 5.81. The minimum atomic E-state index is 0.262. The molecule has 2 saturated heterocycles. The number of nitrogens with one attached hydrogen (secondary N) is 1. The summed E-state index contributed by atoms with van der Waals surface area (Å²) < 4.78 is 0. The Morgan fingerprint density at radius 3 is 2.58 bits per heavy atom. The van der Waals surface area contributed by atoms with Crippen LogP contribution in [0.1, 0.15) is 43.2 Å². The first-order valence-electron chi connectivity index (χ1n) is 10.5. The summed E-state index contributed by atoms with van der Waals surface area (Å²) in [6.45, 7) is 9.83. The summed E-state index contributed by atoms with van der Waals surface area (Å²) in [5.74, 6) is 1.20. The molecule has 0 radical (unpaired) electrons. The average Bonchev–Trinajstić information content (AvgIpc) is 2.98. The van der Waals surface area contributed by atoms with E-state index in [1.165, 1.54) is 42.5 Å². The van der Waals surface area contributed by atoms with Crippen LogP contribution < -0.4 is 10.2 Å². The molecule has 4 heteroatoms. The largest absolute Gasteiger partial charge is 0.369 e. The highest BCUT2D eigenvalue weighted by Gasteiger charge is 2.42. The van der Waals surface area contributed by atoms with E-state index in [4.69, 9.17) is 0 Å². The Balaban J connectivity index is 1.27. The van der Waals surface area contributed by atoms with Crippen LogP contribution in [0.4, 0.5) is 5.69 Å². The maximum atomic E-state index is 12.4. The van der Waals surface area contributed by atoms with Gasteiger partial charge in [-0.15, -0.1) is 0 Å². The van der Waals surface area contributed by atoms with Crippen molar-refractivity contribution in [1.82, 2.24) is 10.2 Å². The number of amides is 1. The number of rotatable bonds is 4. The Bertz CT molecular complexity index is 651. The number of anilines is 1. The summed E-state index contributed by atoms with van der Waals surface area (Å²) in [6.07, 6.45) is 6.07. The zero-order valence-corrected chi connectivity index (χ0v) is 16.3. The van der Waals surface area contributed by atoms with Gasteiger partial charge in [0.2, 0.25) is 5.91 Å². The fourth-order valence-corrected chi connectivity index (χ4v) is 5.12. The lowest BCUT2D eigenvalue weighted by molar-refractivity contribution is -0.123. The van der Waals surface area contributed by atoms with Crippen molar-refractivity contribution in [2.75, 3.05) is 37.6 Å². The van der Waals surface area contributed by atoms with Crippen molar-refractivity contribution >= 4 is 11.6 Å². The number of hydrogen-bond acceptors (Lipinski definition) is 3. The van der Waals surface area contributed by atoms with Gasteiger partial charge < -0.3 is 10.2 Å². The van der Waals surface area contributed by atoms with E-state index in [9.17, 15) is 4.79 Å². The zero-order valence-electron chi connectivity index (χ0n) is 16.3. The molecular weight excluding hydrogens is 322 g/mol. The molecule has 1 saturated carbocycles. The van der Waals surface area contributed by atoms with Crippen molar-refractivity contribution in [2.24, 2.45) is 11.8 Å². The third-order valence-electron chi connectivity index (χ3n) is 6.98. The Labute approximate surface area is 157 Å². The number of benzene rings is 1. The molecule has 2 aliphatic heterocycles. The molecule has 26 heavy (non-hydrogen) atoms. The van der Waals surface area contributed by atoms with Crippen molar-refractivity contribution in [2.45, 2.75) is 52.0 Å². The van der Waals surface area contributed by atoms with Crippen molar-refractivity contribution in [3.8, 4) is 0 Å². The van der Waals surface area contributed by atoms with Crippen molar-refractivity contribution in [3.63, 3.8) is 0 Å². The first-order chi connectivity index (χ1) is 12.6. The summed E-state index contributed by atoms with van der Waals surface area (Å²) >= 11 is 0. The second kappa shape index (κ2) is 7.59. The van der Waals surface area contributed by atoms with Crippen molar-refractivity contribution in [1.29, 1.82) is 0 Å². The Morgan fingerprint density at radius 2 is 1.81 bits per heavy atom. The third-order valence-corrected chi connectivity index (χ3v) is 6.98. The van der Waals surface area contributed by atoms with Crippen LogP contribution in [0.2, 0.25) is 0 Å². The van der Waals surface area contributed by atoms with Crippen LogP contribution in [0.5, 0.6) is 0 Å². The van der Waals surface area contributed by atoms with Crippen LogP contribution in [0, 0.1) is 25.7 Å². The molecule has 3 atom stereocenters. The van der Waals surface area contributed by atoms with E-state index in [1.54, 1.807) is 0 Å². The Kier molecular flexibility index (Phi) is 5.21. The van der Waals surface area contributed by atoms with Crippen LogP contribution in [0.15, 0.2) is 18.2 Å². The fourth-order valence-electron chi connectivity index (χ4n) is 5.12. The monoisotopic (exact) mass is 355 g/mol. The van der Waals surface area contributed by atoms with Crippen LogP contribution in [-0.2, 0) is 4.79 Å². The fraction of sp³-hybridized carbons (Fsp3) is 0.682. The molecule has 3 fully saturated rings. The molecule has 1 aromatic carbocycles. The predicted molar refractivity (Wildman–Crippen MR) is 107 cm³/mol. The van der Waals surface area contributed by atoms with Gasteiger partial charge in [0.05, 0.1) is 0 Å². The summed E-state index contributed by atoms with van der Waals surface area (Å²) in [5.41, 5.74) is 4.09. The standard InChI is InChI=1S/C22H33N3O/c1-16-7-8-18(15-17(16)2)25-13-11-24(12-14-25)10-9-20-19-5-3-4-6-21(19)23-22(20)26/h7-8,15,19-21H,3-6,9-14H2,1-2H3,(H,23,26)/t19-,20?,21+/m0/s1. The number of piperazine rings is 1. The van der Waals surface area contributed by atoms with Gasteiger partial charge in [-0.25, -0.2) is 0 Å². The van der Waals surface area contributed by atoms with Gasteiger partial charge in [-0.3, -0.25) is 9.69 Å². The molecule has 1 aliphatic carbocycles. The topological polar surface area (TPSA) is 35.6 Å². The second-order valence-corrected chi connectivity index (χ2v) is 8.56. The number of aryl methyl sites for hydroxylation is 2. The molecule has 4 rings (SSSR count). The highest BCUT2D eigenvalue weighted by atomic mass is 16.2. The SMILES string of the molecule is Cc1ccc(N2CCN(CCC3C(=O)N[C@@H]4CCCC[C@@H]34)CC2)cc1C. The molecule has 142 valence electrons. The van der Waals surface area contributed by atoms with Gasteiger partial charge >= 0.3 is 0 Å². The lowest BCUT2D eigenvalue weighted by Crippen LogP contribution is -2.47. The maximum Gasteiger partial charge on any atom is 0.223 e. The molecule has 1 N–H and O–H groups in total. The van der Waals surface area contributed by atoms with Crippen LogP contribution in [-0.4, -0.2) is 49.6 Å². The van der Waals surface area contributed by atoms with Crippen LogP contribution in [0.3, 0.4) is 0 Å². The normalized spacial score (nSPS) is 29.5. The minimum Gasteiger partial charge on any atom is -0.369 e. The second-order valence-electron chi connectivity index (χ2n) is 8.56. The van der Waals surface area contributed by atoms with Gasteiger partial charge in [0.15, 0.2) is 0 Å². The van der Waals surface area contributed by atoms with Gasteiger partial charge in [-0.05, 0) is 68.8 Å². The molecule has 2 heterocycles. The lowest BCUT2D eigenvalue weighted by Gasteiger charge is -2.37. The first kappa shape index (κ1) is 17.8. The van der Waals surface area contributed by atoms with Crippen LogP contribution in [0.25, 0.3) is 0 Å². The summed E-state index contributed by atoms with van der Waals surface area (Å²) in [5, 5.41) is 3.27. The van der Waals surface area contributed by atoms with E-state index in [-0.39, 0.29) is 5.92 Å². The third kappa shape index (κ3) is 3.62. The number of fused-ring (bicyclic) bond motifs is 1. The zero-order chi connectivity index (χ0) is 18.1. The smallest absolute Gasteiger partial charge is 0.223 e. The van der Waals surface area contributed by atoms with E-state index in [1.807, 2.05) is 0 Å². The number of carbonyl (C=O) groups is 1. The van der Waals surface area contributed by atoms with Crippen molar-refractivity contribution in [3.05, 3.63) is 29.3 Å². The maximum absolute atomic E-state index is 12.4. The number of hydrogen-bond donors (Lipinski definition) is 1. The van der Waals surface area contributed by atoms with E-state index in [0.717, 1.165) is 39.1 Å². The highest BCUT2D eigenvalue weighted by Crippen LogP contribution is 2.37. The van der Waals surface area contributed by atoms with Gasteiger partial charge in [-0.2, -0.15) is 0 Å². The van der Waals surface area contributed by atoms with E-state index in [2.05, 4.69) is 47.2 Å². The Morgan fingerprint density at radius 1 is 1.04 bits per heavy atom. The number of nitrogens with zero attached hydrogens (tertiary/aromatic N) is 2. The van der Waals surface area contributed by atoms with Crippen molar-refractivity contribution < 1.29 is 4.79 Å². The molecule has 1 aromatic rings. The average molecular weight is 356 g/mol. The van der Waals surface area contributed by atoms with Crippen LogP contribution >= 0.6 is 0 Å². The summed E-state index contributed by atoms with van der Waals surface area (Å²) in [4.78, 5) is 17.4. The number of carbonyl (C=O) groups excluding carboxylic acids is 1. The molecule has 1 amide bonds. The molecule has 4 nitrogen and oxygen atoms in total. The van der Waals surface area contributed by atoms with Gasteiger partial charge in [0, 0.05) is 43.8 Å². The van der Waals surface area contributed by atoms with Gasteiger partial charge in [0.1, 0.15) is 0 Å². The molecule has 0 aromatic heterocycles. The molecule has 1 unspecified atom stereocenters. The molecule has 0 spiro atoms. The molecule has 3 aliphatic rings. The predicted octanol–water partition coefficient (Wildman–Crippen LogP) is 3.12. The molecule has 0 bridgehead atoms. The Hall–Kier alpha value is -1.55. The van der Waals surface area contributed by atoms with Gasteiger partial charge in [-0.1, -0.05) is 18.9 Å². The van der Waals surface area contributed by atoms with E-state index < -0.39 is 0 Å². The van der Waals surface area contributed by atoms with E-state index >= 15 is 0 Å². The van der Waals surface area contributed by atoms with Gasteiger partial charge in [0.25, 0.3) is 0 Å². The summed E-state index contributed by atoms with van der Waals surface area (Å²) in [6, 6.07) is 7.28. The lowest BCUT2D eigenvalue weighted by atomic mass is 9.78. The molecular formula is C22H33N3O. The quantitative estimate of drug-likeness (QED) is 0.901. The first-order valence-corrected chi connectivity index (χ1v) is 10.5. The minimum absolute atomic E-state index is 0.262.